The van der Waals surface area contributed by atoms with Crippen LogP contribution in [0.15, 0.2) is 24.3 Å². The number of primary amides is 1. The third kappa shape index (κ3) is 6.72. The van der Waals surface area contributed by atoms with Gasteiger partial charge in [-0.1, -0.05) is 24.6 Å². The lowest BCUT2D eigenvalue weighted by Crippen LogP contribution is -2.30. The van der Waals surface area contributed by atoms with Gasteiger partial charge in [0.1, 0.15) is 5.82 Å². The highest BCUT2D eigenvalue weighted by molar-refractivity contribution is 5.75. The van der Waals surface area contributed by atoms with Crippen LogP contribution in [0.5, 0.6) is 0 Å². The van der Waals surface area contributed by atoms with Gasteiger partial charge in [-0.25, -0.2) is 9.18 Å². The Kier molecular flexibility index (Phi) is 7.10. The van der Waals surface area contributed by atoms with Crippen LogP contribution in [0.25, 0.3) is 0 Å². The molecule has 1 aromatic rings. The maximum Gasteiger partial charge on any atom is 0.312 e. The van der Waals surface area contributed by atoms with Gasteiger partial charge in [0.25, 0.3) is 0 Å². The van der Waals surface area contributed by atoms with Gasteiger partial charge in [-0.15, -0.1) is 0 Å². The van der Waals surface area contributed by atoms with Gasteiger partial charge in [0.2, 0.25) is 5.91 Å². The fourth-order valence-electron chi connectivity index (χ4n) is 1.72. The molecule has 20 heavy (non-hydrogen) atoms. The number of halogens is 1. The highest BCUT2D eigenvalue weighted by Gasteiger charge is 2.04. The number of carbonyl (C=O) groups is 2. The van der Waals surface area contributed by atoms with E-state index in [0.29, 0.717) is 18.5 Å². The molecule has 4 N–H and O–H groups in total. The summed E-state index contributed by atoms with van der Waals surface area (Å²) in [4.78, 5) is 21.9. The highest BCUT2D eigenvalue weighted by atomic mass is 19.1. The quantitative estimate of drug-likeness (QED) is 0.633. The van der Waals surface area contributed by atoms with Crippen LogP contribution < -0.4 is 16.4 Å². The highest BCUT2D eigenvalue weighted by Crippen LogP contribution is 2.06. The normalized spacial score (nSPS) is 10.1. The van der Waals surface area contributed by atoms with Crippen molar-refractivity contribution in [3.8, 4) is 0 Å². The predicted molar refractivity (Wildman–Crippen MR) is 74.3 cm³/mol. The molecule has 0 unspecified atom stereocenters. The van der Waals surface area contributed by atoms with Crippen LogP contribution >= 0.6 is 0 Å². The van der Waals surface area contributed by atoms with Crippen LogP contribution in [0.1, 0.15) is 31.2 Å². The molecule has 0 radical (unpaired) electrons. The molecule has 0 atom stereocenters. The smallest absolute Gasteiger partial charge is 0.312 e. The van der Waals surface area contributed by atoms with Gasteiger partial charge in [0.15, 0.2) is 0 Å². The fourth-order valence-corrected chi connectivity index (χ4v) is 1.72. The summed E-state index contributed by atoms with van der Waals surface area (Å²) in [7, 11) is 0. The maximum atomic E-state index is 13.3. The van der Waals surface area contributed by atoms with Crippen molar-refractivity contribution in [3.63, 3.8) is 0 Å². The minimum Gasteiger partial charge on any atom is -0.352 e. The standard InChI is InChI=1S/C14H20FN3O2/c15-12-7-4-3-6-11(12)10-18-13(19)8-2-1-5-9-17-14(16)20/h3-4,6-7H,1-2,5,8-10H2,(H,18,19)(H3,16,17,20). The number of carbonyl (C=O) groups excluding carboxylic acids is 2. The Morgan fingerprint density at radius 2 is 1.85 bits per heavy atom. The SMILES string of the molecule is NC(=O)NCCCCCC(=O)NCc1ccccc1F. The van der Waals surface area contributed by atoms with Crippen molar-refractivity contribution in [1.82, 2.24) is 10.6 Å². The van der Waals surface area contributed by atoms with E-state index in [4.69, 9.17) is 5.73 Å². The van der Waals surface area contributed by atoms with Crippen LogP contribution in [0.4, 0.5) is 9.18 Å². The molecule has 0 saturated carbocycles. The molecule has 0 aliphatic heterocycles. The topological polar surface area (TPSA) is 84.2 Å². The van der Waals surface area contributed by atoms with E-state index in [1.807, 2.05) is 0 Å². The van der Waals surface area contributed by atoms with Gasteiger partial charge < -0.3 is 16.4 Å². The largest absolute Gasteiger partial charge is 0.352 e. The molecule has 5 nitrogen and oxygen atoms in total. The van der Waals surface area contributed by atoms with Crippen LogP contribution in [-0.4, -0.2) is 18.5 Å². The lowest BCUT2D eigenvalue weighted by atomic mass is 10.1. The fraction of sp³-hybridized carbons (Fsp3) is 0.429. The van der Waals surface area contributed by atoms with Crippen molar-refractivity contribution < 1.29 is 14.0 Å². The molecule has 0 fully saturated rings. The van der Waals surface area contributed by atoms with Crippen LogP contribution in [0.2, 0.25) is 0 Å². The number of rotatable bonds is 8. The Labute approximate surface area is 117 Å². The average molecular weight is 281 g/mol. The van der Waals surface area contributed by atoms with Gasteiger partial charge in [0.05, 0.1) is 0 Å². The molecule has 0 bridgehead atoms. The summed E-state index contributed by atoms with van der Waals surface area (Å²) >= 11 is 0. The second kappa shape index (κ2) is 8.90. The number of nitrogens with one attached hydrogen (secondary N) is 2. The molecular formula is C14H20FN3O2. The third-order valence-electron chi connectivity index (χ3n) is 2.81. The van der Waals surface area contributed by atoms with Crippen LogP contribution in [0.3, 0.4) is 0 Å². The van der Waals surface area contributed by atoms with E-state index in [-0.39, 0.29) is 18.3 Å². The molecule has 0 heterocycles. The number of benzene rings is 1. The second-order valence-corrected chi connectivity index (χ2v) is 4.47. The first-order valence-electron chi connectivity index (χ1n) is 6.63. The Balaban J connectivity index is 2.09. The lowest BCUT2D eigenvalue weighted by Gasteiger charge is -2.06. The van der Waals surface area contributed by atoms with Crippen LogP contribution in [-0.2, 0) is 11.3 Å². The van der Waals surface area contributed by atoms with Crippen molar-refractivity contribution in [3.05, 3.63) is 35.6 Å². The summed E-state index contributed by atoms with van der Waals surface area (Å²) in [6.45, 7) is 0.723. The Hall–Kier alpha value is -2.11. The first kappa shape index (κ1) is 15.9. The number of hydrogen-bond donors (Lipinski definition) is 3. The second-order valence-electron chi connectivity index (χ2n) is 4.47. The summed E-state index contributed by atoms with van der Waals surface area (Å²) in [6, 6.07) is 5.82. The lowest BCUT2D eigenvalue weighted by molar-refractivity contribution is -0.121. The summed E-state index contributed by atoms with van der Waals surface area (Å²) in [5.41, 5.74) is 5.40. The Bertz CT molecular complexity index is 452. The average Bonchev–Trinajstić information content (AvgIpc) is 2.41. The van der Waals surface area contributed by atoms with Gasteiger partial charge >= 0.3 is 6.03 Å². The Morgan fingerprint density at radius 3 is 2.55 bits per heavy atom. The van der Waals surface area contributed by atoms with Crippen molar-refractivity contribution >= 4 is 11.9 Å². The number of hydrogen-bond acceptors (Lipinski definition) is 2. The number of nitrogens with two attached hydrogens (primary N) is 1. The molecule has 6 heteroatoms. The molecule has 3 amide bonds. The predicted octanol–water partition coefficient (Wildman–Crippen LogP) is 1.67. The molecule has 0 aliphatic carbocycles. The number of unbranched alkanes of at least 4 members (excludes halogenated alkanes) is 2. The molecule has 110 valence electrons. The zero-order chi connectivity index (χ0) is 14.8. The molecule has 0 spiro atoms. The zero-order valence-corrected chi connectivity index (χ0v) is 11.3. The first-order chi connectivity index (χ1) is 9.59. The number of amides is 3. The molecule has 1 rings (SSSR count). The molecule has 0 saturated heterocycles. The molecule has 0 aromatic heterocycles. The van der Waals surface area contributed by atoms with E-state index < -0.39 is 6.03 Å². The first-order valence-corrected chi connectivity index (χ1v) is 6.63. The molecule has 1 aromatic carbocycles. The van der Waals surface area contributed by atoms with Crippen molar-refractivity contribution in [1.29, 1.82) is 0 Å². The van der Waals surface area contributed by atoms with Gasteiger partial charge in [-0.3, -0.25) is 4.79 Å². The van der Waals surface area contributed by atoms with E-state index in [9.17, 15) is 14.0 Å². The molecule has 0 aliphatic rings. The minimum atomic E-state index is -0.535. The van der Waals surface area contributed by atoms with E-state index in [1.165, 1.54) is 6.07 Å². The maximum absolute atomic E-state index is 13.3. The van der Waals surface area contributed by atoms with Gasteiger partial charge in [0, 0.05) is 25.1 Å². The summed E-state index contributed by atoms with van der Waals surface area (Å²) < 4.78 is 13.3. The van der Waals surface area contributed by atoms with Crippen LogP contribution in [0, 0.1) is 5.82 Å². The number of urea groups is 1. The van der Waals surface area contributed by atoms with Gasteiger partial charge in [-0.05, 0) is 18.9 Å². The Morgan fingerprint density at radius 1 is 1.10 bits per heavy atom. The summed E-state index contributed by atoms with van der Waals surface area (Å²) in [5.74, 6) is -0.415. The van der Waals surface area contributed by atoms with Crippen molar-refractivity contribution in [2.45, 2.75) is 32.2 Å². The van der Waals surface area contributed by atoms with E-state index in [2.05, 4.69) is 10.6 Å². The minimum absolute atomic E-state index is 0.101. The van der Waals surface area contributed by atoms with Gasteiger partial charge in [-0.2, -0.15) is 0 Å². The summed E-state index contributed by atoms with van der Waals surface area (Å²) in [5, 5.41) is 5.16. The van der Waals surface area contributed by atoms with Crippen molar-refractivity contribution in [2.75, 3.05) is 6.54 Å². The summed E-state index contributed by atoms with van der Waals surface area (Å²) in [6.07, 6.45) is 2.73. The zero-order valence-electron chi connectivity index (χ0n) is 11.3. The monoisotopic (exact) mass is 281 g/mol. The van der Waals surface area contributed by atoms with E-state index in [0.717, 1.165) is 19.3 Å². The van der Waals surface area contributed by atoms with E-state index in [1.54, 1.807) is 18.2 Å². The van der Waals surface area contributed by atoms with E-state index >= 15 is 0 Å². The van der Waals surface area contributed by atoms with Crippen molar-refractivity contribution in [2.24, 2.45) is 5.73 Å². The molecular weight excluding hydrogens is 261 g/mol. The third-order valence-corrected chi connectivity index (χ3v) is 2.81.